The number of rotatable bonds is 4. The van der Waals surface area contributed by atoms with Gasteiger partial charge in [-0.15, -0.1) is 12.4 Å². The van der Waals surface area contributed by atoms with E-state index in [4.69, 9.17) is 16.1 Å². The summed E-state index contributed by atoms with van der Waals surface area (Å²) in [6.07, 6.45) is 0.470. The molecule has 0 saturated heterocycles. The summed E-state index contributed by atoms with van der Waals surface area (Å²) in [4.78, 5) is 10.4. The first-order valence-corrected chi connectivity index (χ1v) is 4.58. The Morgan fingerprint density at radius 3 is 2.44 bits per heavy atom. The van der Waals surface area contributed by atoms with Crippen LogP contribution in [-0.2, 0) is 11.2 Å². The fraction of sp³-hybridized carbons (Fsp3) is 0.273. The minimum Gasteiger partial charge on any atom is -0.481 e. The second-order valence-electron chi connectivity index (χ2n) is 3.37. The molecule has 4 nitrogen and oxygen atoms in total. The molecular weight excluding hydrogens is 228 g/mol. The lowest BCUT2D eigenvalue weighted by Crippen LogP contribution is -2.26. The van der Waals surface area contributed by atoms with Gasteiger partial charge in [0.2, 0.25) is 0 Å². The molecule has 0 amide bonds. The maximum absolute atomic E-state index is 10.4. The number of nitrogens with two attached hydrogens (primary N) is 1. The number of nitriles is 1. The van der Waals surface area contributed by atoms with E-state index in [-0.39, 0.29) is 24.9 Å². The van der Waals surface area contributed by atoms with E-state index in [1.807, 2.05) is 6.07 Å². The summed E-state index contributed by atoms with van der Waals surface area (Å²) in [5, 5.41) is 17.1. The Bertz CT molecular complexity index is 384. The third-order valence-electron chi connectivity index (χ3n) is 2.02. The van der Waals surface area contributed by atoms with Crippen molar-refractivity contribution in [2.75, 3.05) is 0 Å². The number of halogens is 1. The first-order valence-electron chi connectivity index (χ1n) is 4.58. The summed E-state index contributed by atoms with van der Waals surface area (Å²) in [5.74, 6) is -0.892. The molecule has 0 unspecified atom stereocenters. The molecule has 0 aliphatic heterocycles. The normalized spacial score (nSPS) is 11.0. The Kier molecular flexibility index (Phi) is 6.16. The number of nitrogens with zero attached hydrogens (tertiary/aromatic N) is 1. The van der Waals surface area contributed by atoms with Gasteiger partial charge in [0.1, 0.15) is 0 Å². The van der Waals surface area contributed by atoms with E-state index in [2.05, 4.69) is 0 Å². The van der Waals surface area contributed by atoms with Gasteiger partial charge < -0.3 is 10.8 Å². The predicted octanol–water partition coefficient (Wildman–Crippen LogP) is 1.32. The van der Waals surface area contributed by atoms with Gasteiger partial charge in [-0.25, -0.2) is 0 Å². The van der Waals surface area contributed by atoms with Crippen LogP contribution < -0.4 is 5.73 Å². The van der Waals surface area contributed by atoms with Gasteiger partial charge in [-0.1, -0.05) is 12.1 Å². The molecule has 1 atom stereocenters. The standard InChI is InChI=1S/C11H12N2O2.ClH/c12-7-9-3-1-8(2-4-9)5-10(13)6-11(14)15;/h1-4,10H,5-6,13H2,(H,14,15);1H/t10-;/m0./s1. The Morgan fingerprint density at radius 2 is 2.00 bits per heavy atom. The monoisotopic (exact) mass is 240 g/mol. The quantitative estimate of drug-likeness (QED) is 0.831. The van der Waals surface area contributed by atoms with Crippen molar-refractivity contribution in [1.29, 1.82) is 5.26 Å². The van der Waals surface area contributed by atoms with Crippen molar-refractivity contribution in [2.45, 2.75) is 18.9 Å². The van der Waals surface area contributed by atoms with E-state index >= 15 is 0 Å². The number of carboxylic acids is 1. The summed E-state index contributed by atoms with van der Waals surface area (Å²) in [6.45, 7) is 0. The highest BCUT2D eigenvalue weighted by Gasteiger charge is 2.08. The second-order valence-corrected chi connectivity index (χ2v) is 3.37. The lowest BCUT2D eigenvalue weighted by molar-refractivity contribution is -0.137. The van der Waals surface area contributed by atoms with Crippen LogP contribution in [0, 0.1) is 11.3 Å². The number of aliphatic carboxylic acids is 1. The molecule has 0 saturated carbocycles. The smallest absolute Gasteiger partial charge is 0.304 e. The van der Waals surface area contributed by atoms with Gasteiger partial charge in [0.25, 0.3) is 0 Å². The zero-order valence-corrected chi connectivity index (χ0v) is 9.41. The summed E-state index contributed by atoms with van der Waals surface area (Å²) in [5.41, 5.74) is 7.17. The molecule has 1 aromatic rings. The van der Waals surface area contributed by atoms with E-state index in [9.17, 15) is 4.79 Å². The second kappa shape index (κ2) is 6.83. The molecule has 0 aliphatic rings. The molecule has 0 aromatic heterocycles. The van der Waals surface area contributed by atoms with E-state index in [0.717, 1.165) is 5.56 Å². The molecule has 5 heteroatoms. The van der Waals surface area contributed by atoms with Crippen LogP contribution >= 0.6 is 12.4 Å². The number of carbonyl (C=O) groups is 1. The van der Waals surface area contributed by atoms with E-state index in [1.54, 1.807) is 24.3 Å². The van der Waals surface area contributed by atoms with Crippen molar-refractivity contribution in [2.24, 2.45) is 5.73 Å². The molecule has 3 N–H and O–H groups in total. The molecule has 0 radical (unpaired) electrons. The van der Waals surface area contributed by atoms with Crippen molar-refractivity contribution >= 4 is 18.4 Å². The lowest BCUT2D eigenvalue weighted by Gasteiger charge is -2.08. The highest BCUT2D eigenvalue weighted by atomic mass is 35.5. The average molecular weight is 241 g/mol. The van der Waals surface area contributed by atoms with Crippen LogP contribution in [0.4, 0.5) is 0 Å². The Morgan fingerprint density at radius 1 is 1.44 bits per heavy atom. The molecule has 0 bridgehead atoms. The van der Waals surface area contributed by atoms with Crippen molar-refractivity contribution in [3.05, 3.63) is 35.4 Å². The summed E-state index contributed by atoms with van der Waals surface area (Å²) >= 11 is 0. The van der Waals surface area contributed by atoms with E-state index < -0.39 is 5.97 Å². The topological polar surface area (TPSA) is 87.1 Å². The largest absolute Gasteiger partial charge is 0.481 e. The first-order chi connectivity index (χ1) is 7.11. The molecule has 86 valence electrons. The maximum atomic E-state index is 10.4. The highest BCUT2D eigenvalue weighted by Crippen LogP contribution is 2.06. The summed E-state index contributed by atoms with van der Waals surface area (Å²) in [6, 6.07) is 8.61. The zero-order chi connectivity index (χ0) is 11.3. The molecule has 0 aliphatic carbocycles. The van der Waals surface area contributed by atoms with Gasteiger partial charge >= 0.3 is 5.97 Å². The Hall–Kier alpha value is -1.57. The van der Waals surface area contributed by atoms with Gasteiger partial charge in [-0.3, -0.25) is 4.79 Å². The van der Waals surface area contributed by atoms with Crippen LogP contribution in [0.2, 0.25) is 0 Å². The van der Waals surface area contributed by atoms with Crippen molar-refractivity contribution in [3.8, 4) is 6.07 Å². The van der Waals surface area contributed by atoms with Crippen LogP contribution in [0.3, 0.4) is 0 Å². The highest BCUT2D eigenvalue weighted by molar-refractivity contribution is 5.85. The summed E-state index contributed by atoms with van der Waals surface area (Å²) < 4.78 is 0. The molecule has 1 aromatic carbocycles. The van der Waals surface area contributed by atoms with Crippen molar-refractivity contribution in [3.63, 3.8) is 0 Å². The van der Waals surface area contributed by atoms with Gasteiger partial charge in [0.05, 0.1) is 18.1 Å². The summed E-state index contributed by atoms with van der Waals surface area (Å²) in [7, 11) is 0. The van der Waals surface area contributed by atoms with Crippen LogP contribution in [0.5, 0.6) is 0 Å². The van der Waals surface area contributed by atoms with Gasteiger partial charge in [-0.2, -0.15) is 5.26 Å². The minimum atomic E-state index is -0.892. The fourth-order valence-electron chi connectivity index (χ4n) is 1.31. The number of benzene rings is 1. The third-order valence-corrected chi connectivity index (χ3v) is 2.02. The Balaban J connectivity index is 0.00000225. The molecule has 16 heavy (non-hydrogen) atoms. The third kappa shape index (κ3) is 4.78. The van der Waals surface area contributed by atoms with Crippen molar-refractivity contribution < 1.29 is 9.90 Å². The predicted molar refractivity (Wildman–Crippen MR) is 62.3 cm³/mol. The fourth-order valence-corrected chi connectivity index (χ4v) is 1.31. The average Bonchev–Trinajstić information content (AvgIpc) is 2.17. The number of hydrogen-bond acceptors (Lipinski definition) is 3. The van der Waals surface area contributed by atoms with Crippen LogP contribution in [0.25, 0.3) is 0 Å². The lowest BCUT2D eigenvalue weighted by atomic mass is 10.0. The maximum Gasteiger partial charge on any atom is 0.304 e. The SMILES string of the molecule is Cl.N#Cc1ccc(C[C@H](N)CC(=O)O)cc1. The molecule has 0 spiro atoms. The van der Waals surface area contributed by atoms with E-state index in [0.29, 0.717) is 12.0 Å². The van der Waals surface area contributed by atoms with Crippen LogP contribution in [0.1, 0.15) is 17.5 Å². The van der Waals surface area contributed by atoms with Crippen molar-refractivity contribution in [1.82, 2.24) is 0 Å². The molecule has 1 rings (SSSR count). The number of hydrogen-bond donors (Lipinski definition) is 2. The minimum absolute atomic E-state index is 0. The van der Waals surface area contributed by atoms with Crippen LogP contribution in [-0.4, -0.2) is 17.1 Å². The van der Waals surface area contributed by atoms with Gasteiger partial charge in [0, 0.05) is 6.04 Å². The van der Waals surface area contributed by atoms with Crippen LogP contribution in [0.15, 0.2) is 24.3 Å². The first kappa shape index (κ1) is 14.4. The van der Waals surface area contributed by atoms with E-state index in [1.165, 1.54) is 0 Å². The Labute approximate surface area is 100 Å². The number of carboxylic acid groups (broad SMARTS) is 1. The molecule has 0 heterocycles. The molecular formula is C11H13ClN2O2. The van der Waals surface area contributed by atoms with Gasteiger partial charge in [0.15, 0.2) is 0 Å². The van der Waals surface area contributed by atoms with Gasteiger partial charge in [-0.05, 0) is 24.1 Å². The molecule has 0 fully saturated rings. The zero-order valence-electron chi connectivity index (χ0n) is 8.59.